The summed E-state index contributed by atoms with van der Waals surface area (Å²) in [7, 11) is 1.25. The van der Waals surface area contributed by atoms with Gasteiger partial charge in [0.2, 0.25) is 5.91 Å². The Balaban J connectivity index is 1.94. The zero-order chi connectivity index (χ0) is 21.3. The van der Waals surface area contributed by atoms with Gasteiger partial charge in [-0.1, -0.05) is 13.8 Å². The first-order valence-corrected chi connectivity index (χ1v) is 10.2. The molecule has 1 aliphatic carbocycles. The highest BCUT2D eigenvalue weighted by Crippen LogP contribution is 2.38. The minimum absolute atomic E-state index is 0.184. The highest BCUT2D eigenvalue weighted by molar-refractivity contribution is 7.16. The largest absolute Gasteiger partial charge is 0.465 e. The van der Waals surface area contributed by atoms with Crippen LogP contribution >= 0.6 is 11.3 Å². The highest BCUT2D eigenvalue weighted by atomic mass is 32.1. The van der Waals surface area contributed by atoms with Gasteiger partial charge in [0.1, 0.15) is 11.0 Å². The molecule has 0 saturated heterocycles. The molecule has 1 amide bonds. The number of hydrogen-bond acceptors (Lipinski definition) is 5. The van der Waals surface area contributed by atoms with Gasteiger partial charge in [0.15, 0.2) is 5.69 Å². The van der Waals surface area contributed by atoms with E-state index < -0.39 is 29.8 Å². The second-order valence-electron chi connectivity index (χ2n) is 6.78. The Kier molecular flexibility index (Phi) is 6.02. The number of methoxy groups -OCH3 is 1. The predicted octanol–water partition coefficient (Wildman–Crippen LogP) is 4.39. The lowest BCUT2D eigenvalue weighted by atomic mass is 10.1. The van der Waals surface area contributed by atoms with Gasteiger partial charge in [-0.05, 0) is 38.2 Å². The number of amides is 1. The van der Waals surface area contributed by atoms with Crippen molar-refractivity contribution >= 4 is 28.2 Å². The molecule has 0 fully saturated rings. The summed E-state index contributed by atoms with van der Waals surface area (Å²) >= 11 is 1.25. The number of rotatable bonds is 6. The van der Waals surface area contributed by atoms with Crippen LogP contribution in [0.5, 0.6) is 0 Å². The molecule has 2 aromatic heterocycles. The van der Waals surface area contributed by atoms with Crippen LogP contribution in [0.4, 0.5) is 18.2 Å². The van der Waals surface area contributed by atoms with E-state index in [1.54, 1.807) is 13.0 Å². The minimum Gasteiger partial charge on any atom is -0.465 e. The number of carbonyl (C=O) groups is 2. The van der Waals surface area contributed by atoms with Crippen molar-refractivity contribution in [2.45, 2.75) is 58.2 Å². The summed E-state index contributed by atoms with van der Waals surface area (Å²) in [6, 6.07) is 0.746. The summed E-state index contributed by atoms with van der Waals surface area (Å²) in [5.41, 5.74) is -0.0218. The Morgan fingerprint density at radius 3 is 2.66 bits per heavy atom. The smallest absolute Gasteiger partial charge is 0.435 e. The Morgan fingerprint density at radius 1 is 1.34 bits per heavy atom. The summed E-state index contributed by atoms with van der Waals surface area (Å²) in [4.78, 5) is 25.9. The number of anilines is 1. The number of nitrogens with one attached hydrogen (secondary N) is 1. The number of aryl methyl sites for hydroxylation is 1. The van der Waals surface area contributed by atoms with Crippen molar-refractivity contribution < 1.29 is 27.5 Å². The number of esters is 1. The molecular formula is C19H22F3N3O3S. The Labute approximate surface area is 170 Å². The molecule has 29 heavy (non-hydrogen) atoms. The predicted molar refractivity (Wildman–Crippen MR) is 102 cm³/mol. The van der Waals surface area contributed by atoms with Crippen LogP contribution in [0.25, 0.3) is 0 Å². The van der Waals surface area contributed by atoms with E-state index in [4.69, 9.17) is 4.74 Å². The number of aromatic nitrogens is 2. The molecule has 0 aromatic carbocycles. The summed E-state index contributed by atoms with van der Waals surface area (Å²) in [5, 5.41) is 6.81. The third-order valence-corrected chi connectivity index (χ3v) is 6.18. The SMILES string of the molecule is CCc1cc(C(=O)OC)c(NC(=O)[C@H](CC)n2nc(C(F)(F)F)c3c2CCC3)s1. The molecule has 2 heterocycles. The van der Waals surface area contributed by atoms with Crippen LogP contribution in [0.1, 0.15) is 64.9 Å². The molecule has 6 nitrogen and oxygen atoms in total. The zero-order valence-corrected chi connectivity index (χ0v) is 17.2. The fourth-order valence-electron chi connectivity index (χ4n) is 3.59. The van der Waals surface area contributed by atoms with E-state index >= 15 is 0 Å². The number of thiophene rings is 1. The number of alkyl halides is 3. The van der Waals surface area contributed by atoms with E-state index in [9.17, 15) is 22.8 Å². The molecule has 0 unspecified atom stereocenters. The molecule has 1 N–H and O–H groups in total. The molecule has 0 radical (unpaired) electrons. The van der Waals surface area contributed by atoms with Crippen molar-refractivity contribution in [2.75, 3.05) is 12.4 Å². The van der Waals surface area contributed by atoms with E-state index in [1.165, 1.54) is 23.1 Å². The summed E-state index contributed by atoms with van der Waals surface area (Å²) in [5.74, 6) is -1.09. The topological polar surface area (TPSA) is 73.2 Å². The highest BCUT2D eigenvalue weighted by Gasteiger charge is 2.41. The van der Waals surface area contributed by atoms with Crippen molar-refractivity contribution in [3.8, 4) is 0 Å². The van der Waals surface area contributed by atoms with Crippen LogP contribution < -0.4 is 5.32 Å². The lowest BCUT2D eigenvalue weighted by Crippen LogP contribution is -2.28. The maximum atomic E-state index is 13.4. The average Bonchev–Trinajstić information content (AvgIpc) is 3.36. The second kappa shape index (κ2) is 8.17. The molecule has 1 atom stereocenters. The molecule has 10 heteroatoms. The molecule has 1 aliphatic rings. The normalized spacial score (nSPS) is 14.6. The lowest BCUT2D eigenvalue weighted by Gasteiger charge is -2.18. The maximum absolute atomic E-state index is 13.4. The number of hydrogen-bond donors (Lipinski definition) is 1. The number of halogens is 3. The molecule has 0 spiro atoms. The van der Waals surface area contributed by atoms with Gasteiger partial charge in [-0.2, -0.15) is 18.3 Å². The third kappa shape index (κ3) is 4.03. The number of ether oxygens (including phenoxy) is 1. The zero-order valence-electron chi connectivity index (χ0n) is 16.4. The van der Waals surface area contributed by atoms with Gasteiger partial charge in [0, 0.05) is 16.1 Å². The van der Waals surface area contributed by atoms with Crippen LogP contribution in [-0.4, -0.2) is 28.8 Å². The molecule has 0 saturated carbocycles. The first-order valence-electron chi connectivity index (χ1n) is 9.40. The van der Waals surface area contributed by atoms with E-state index in [-0.39, 0.29) is 17.5 Å². The number of carbonyl (C=O) groups excluding carboxylic acids is 2. The van der Waals surface area contributed by atoms with Gasteiger partial charge >= 0.3 is 12.1 Å². The lowest BCUT2D eigenvalue weighted by molar-refractivity contribution is -0.142. The Bertz CT molecular complexity index is 933. The van der Waals surface area contributed by atoms with E-state index in [2.05, 4.69) is 10.4 Å². The van der Waals surface area contributed by atoms with Crippen LogP contribution in [-0.2, 0) is 35.0 Å². The molecule has 0 bridgehead atoms. The summed E-state index contributed by atoms with van der Waals surface area (Å²) < 4.78 is 46.1. The monoisotopic (exact) mass is 429 g/mol. The molecular weight excluding hydrogens is 407 g/mol. The van der Waals surface area contributed by atoms with Gasteiger partial charge < -0.3 is 10.1 Å². The average molecular weight is 429 g/mol. The summed E-state index contributed by atoms with van der Waals surface area (Å²) in [6.07, 6.45) is -2.27. The van der Waals surface area contributed by atoms with E-state index in [0.717, 1.165) is 4.88 Å². The quantitative estimate of drug-likeness (QED) is 0.692. The van der Waals surface area contributed by atoms with Crippen molar-refractivity contribution in [3.63, 3.8) is 0 Å². The molecule has 158 valence electrons. The van der Waals surface area contributed by atoms with Crippen molar-refractivity contribution in [3.05, 3.63) is 33.5 Å². The van der Waals surface area contributed by atoms with Gasteiger partial charge in [-0.25, -0.2) is 4.79 Å². The van der Waals surface area contributed by atoms with Crippen LogP contribution in [0.3, 0.4) is 0 Å². The first kappa shape index (κ1) is 21.4. The van der Waals surface area contributed by atoms with Gasteiger partial charge in [0.05, 0.1) is 12.7 Å². The first-order chi connectivity index (χ1) is 13.7. The molecule has 3 rings (SSSR count). The van der Waals surface area contributed by atoms with Crippen LogP contribution in [0, 0.1) is 0 Å². The molecule has 2 aromatic rings. The van der Waals surface area contributed by atoms with E-state index in [0.29, 0.717) is 36.4 Å². The van der Waals surface area contributed by atoms with Crippen LogP contribution in [0.2, 0.25) is 0 Å². The minimum atomic E-state index is -4.56. The number of fused-ring (bicyclic) bond motifs is 1. The van der Waals surface area contributed by atoms with Gasteiger partial charge in [-0.15, -0.1) is 11.3 Å². The van der Waals surface area contributed by atoms with Gasteiger partial charge in [0.25, 0.3) is 0 Å². The number of nitrogens with zero attached hydrogens (tertiary/aromatic N) is 2. The van der Waals surface area contributed by atoms with Crippen LogP contribution in [0.15, 0.2) is 6.07 Å². The molecule has 0 aliphatic heterocycles. The van der Waals surface area contributed by atoms with Crippen molar-refractivity contribution in [2.24, 2.45) is 0 Å². The van der Waals surface area contributed by atoms with Gasteiger partial charge in [-0.3, -0.25) is 9.48 Å². The van der Waals surface area contributed by atoms with Crippen molar-refractivity contribution in [1.82, 2.24) is 9.78 Å². The van der Waals surface area contributed by atoms with E-state index in [1.807, 2.05) is 6.92 Å². The van der Waals surface area contributed by atoms with Crippen molar-refractivity contribution in [1.29, 1.82) is 0 Å². The second-order valence-corrected chi connectivity index (χ2v) is 7.92. The third-order valence-electron chi connectivity index (χ3n) is 4.99. The maximum Gasteiger partial charge on any atom is 0.435 e. The fraction of sp³-hybridized carbons (Fsp3) is 0.526. The fourth-order valence-corrected chi connectivity index (χ4v) is 4.57. The Morgan fingerprint density at radius 2 is 2.07 bits per heavy atom. The Hall–Kier alpha value is -2.36. The summed E-state index contributed by atoms with van der Waals surface area (Å²) in [6.45, 7) is 3.63. The standard InChI is InChI=1S/C19H22F3N3O3S/c1-4-10-9-12(18(27)28-3)17(29-10)23-16(26)13(5-2)25-14-8-6-7-11(14)15(24-25)19(20,21)22/h9,13H,4-8H2,1-3H3,(H,23,26)/t13-/m0/s1.